The Hall–Kier alpha value is -1.80. The zero-order chi connectivity index (χ0) is 14.7. The van der Waals surface area contributed by atoms with E-state index in [0.717, 1.165) is 6.42 Å². The maximum absolute atomic E-state index is 8.93. The lowest BCUT2D eigenvalue weighted by Gasteiger charge is -2.37. The number of hydrogen-bond donors (Lipinski definition) is 2. The van der Waals surface area contributed by atoms with Crippen molar-refractivity contribution in [3.8, 4) is 0 Å². The zero-order valence-electron chi connectivity index (χ0n) is 12.5. The van der Waals surface area contributed by atoms with Gasteiger partial charge in [0.2, 0.25) is 0 Å². The summed E-state index contributed by atoms with van der Waals surface area (Å²) in [7, 11) is 0. The molecule has 0 saturated heterocycles. The Bertz CT molecular complexity index is 585. The third-order valence-corrected chi connectivity index (χ3v) is 4.49. The van der Waals surface area contributed by atoms with E-state index in [9.17, 15) is 0 Å². The monoisotopic (exact) mass is 281 g/mol. The second-order valence-electron chi connectivity index (χ2n) is 6.04. The first-order valence-electron chi connectivity index (χ1n) is 7.78. The van der Waals surface area contributed by atoms with E-state index < -0.39 is 0 Å². The number of nitrogens with one attached hydrogen (secondary N) is 1. The molecule has 0 heterocycles. The van der Waals surface area contributed by atoms with E-state index in [1.165, 1.54) is 35.2 Å². The predicted molar refractivity (Wildman–Crippen MR) is 87.8 cm³/mol. The highest BCUT2D eigenvalue weighted by Crippen LogP contribution is 2.39. The Morgan fingerprint density at radius 3 is 2.43 bits per heavy atom. The van der Waals surface area contributed by atoms with E-state index in [0.29, 0.717) is 12.0 Å². The van der Waals surface area contributed by atoms with Gasteiger partial charge in [0.05, 0.1) is 0 Å². The summed E-state index contributed by atoms with van der Waals surface area (Å²) in [4.78, 5) is 0. The van der Waals surface area contributed by atoms with Crippen LogP contribution in [0.4, 0.5) is 5.69 Å². The van der Waals surface area contributed by atoms with Gasteiger partial charge in [-0.05, 0) is 60.9 Å². The van der Waals surface area contributed by atoms with Crippen molar-refractivity contribution >= 4 is 5.69 Å². The predicted octanol–water partition coefficient (Wildman–Crippen LogP) is 3.89. The Balaban J connectivity index is 1.54. The lowest BCUT2D eigenvalue weighted by atomic mass is 9.74. The van der Waals surface area contributed by atoms with Crippen LogP contribution in [0.1, 0.15) is 35.4 Å². The third-order valence-electron chi connectivity index (χ3n) is 4.49. The van der Waals surface area contributed by atoms with E-state index in [1.54, 1.807) is 0 Å². The van der Waals surface area contributed by atoms with Crippen LogP contribution in [0, 0.1) is 6.92 Å². The highest BCUT2D eigenvalue weighted by Gasteiger charge is 2.30. The summed E-state index contributed by atoms with van der Waals surface area (Å²) in [6.45, 7) is 2.42. The molecule has 21 heavy (non-hydrogen) atoms. The van der Waals surface area contributed by atoms with Crippen molar-refractivity contribution in [1.29, 1.82) is 0 Å². The molecule has 2 nitrogen and oxygen atoms in total. The molecule has 0 amide bonds. The first-order valence-corrected chi connectivity index (χ1v) is 7.78. The standard InChI is InChI=1S/C19H23NO/c1-14-4-2-3-5-19(14)16-12-18(13-16)20-17-8-6-15(7-9-17)10-11-21/h2-9,16,18,20-21H,10-13H2,1H3. The molecule has 0 bridgehead atoms. The van der Waals surface area contributed by atoms with Gasteiger partial charge < -0.3 is 10.4 Å². The van der Waals surface area contributed by atoms with Crippen molar-refractivity contribution < 1.29 is 5.11 Å². The molecule has 1 saturated carbocycles. The molecule has 2 heteroatoms. The van der Waals surface area contributed by atoms with Crippen LogP contribution in [0.2, 0.25) is 0 Å². The smallest absolute Gasteiger partial charge is 0.0471 e. The second-order valence-corrected chi connectivity index (χ2v) is 6.04. The van der Waals surface area contributed by atoms with Crippen molar-refractivity contribution in [3.05, 3.63) is 65.2 Å². The minimum atomic E-state index is 0.216. The minimum Gasteiger partial charge on any atom is -0.396 e. The van der Waals surface area contributed by atoms with Crippen LogP contribution in [0.15, 0.2) is 48.5 Å². The molecule has 0 unspecified atom stereocenters. The van der Waals surface area contributed by atoms with Crippen LogP contribution in [0.3, 0.4) is 0 Å². The van der Waals surface area contributed by atoms with E-state index in [1.807, 2.05) is 0 Å². The summed E-state index contributed by atoms with van der Waals surface area (Å²) in [5.74, 6) is 0.706. The summed E-state index contributed by atoms with van der Waals surface area (Å²) in [6, 6.07) is 17.7. The number of aliphatic hydroxyl groups is 1. The largest absolute Gasteiger partial charge is 0.396 e. The Morgan fingerprint density at radius 1 is 1.05 bits per heavy atom. The molecule has 2 aromatic rings. The van der Waals surface area contributed by atoms with Gasteiger partial charge in [-0.15, -0.1) is 0 Å². The second kappa shape index (κ2) is 6.31. The maximum atomic E-state index is 8.93. The molecule has 1 aliphatic rings. The number of aliphatic hydroxyl groups excluding tert-OH is 1. The Labute approximate surface area is 126 Å². The van der Waals surface area contributed by atoms with Crippen LogP contribution in [-0.2, 0) is 6.42 Å². The average Bonchev–Trinajstić information content (AvgIpc) is 2.46. The van der Waals surface area contributed by atoms with E-state index in [2.05, 4.69) is 60.8 Å². The molecule has 2 aromatic carbocycles. The lowest BCUT2D eigenvalue weighted by Crippen LogP contribution is -2.34. The van der Waals surface area contributed by atoms with Gasteiger partial charge in [0.1, 0.15) is 0 Å². The molecule has 0 atom stereocenters. The van der Waals surface area contributed by atoms with Gasteiger partial charge in [0, 0.05) is 18.3 Å². The van der Waals surface area contributed by atoms with Crippen molar-refractivity contribution in [1.82, 2.24) is 0 Å². The van der Waals surface area contributed by atoms with Crippen molar-refractivity contribution in [2.75, 3.05) is 11.9 Å². The fourth-order valence-electron chi connectivity index (χ4n) is 3.17. The molecular weight excluding hydrogens is 258 g/mol. The number of benzene rings is 2. The van der Waals surface area contributed by atoms with Gasteiger partial charge in [-0.1, -0.05) is 36.4 Å². The normalized spacial score (nSPS) is 20.9. The molecule has 2 N–H and O–H groups in total. The molecule has 1 aliphatic carbocycles. The fraction of sp³-hybridized carbons (Fsp3) is 0.368. The van der Waals surface area contributed by atoms with Crippen molar-refractivity contribution in [3.63, 3.8) is 0 Å². The zero-order valence-corrected chi connectivity index (χ0v) is 12.5. The summed E-state index contributed by atoms with van der Waals surface area (Å²) in [5, 5.41) is 12.5. The molecule has 0 aliphatic heterocycles. The first kappa shape index (κ1) is 14.2. The van der Waals surface area contributed by atoms with Crippen LogP contribution in [-0.4, -0.2) is 17.8 Å². The van der Waals surface area contributed by atoms with Gasteiger partial charge >= 0.3 is 0 Å². The molecule has 0 radical (unpaired) electrons. The fourth-order valence-corrected chi connectivity index (χ4v) is 3.17. The summed E-state index contributed by atoms with van der Waals surface area (Å²) >= 11 is 0. The minimum absolute atomic E-state index is 0.216. The number of rotatable bonds is 5. The van der Waals surface area contributed by atoms with E-state index in [4.69, 9.17) is 5.11 Å². The number of anilines is 1. The van der Waals surface area contributed by atoms with Crippen LogP contribution >= 0.6 is 0 Å². The summed E-state index contributed by atoms with van der Waals surface area (Å²) in [6.07, 6.45) is 3.16. The highest BCUT2D eigenvalue weighted by molar-refractivity contribution is 5.46. The average molecular weight is 281 g/mol. The quantitative estimate of drug-likeness (QED) is 0.871. The number of hydrogen-bond acceptors (Lipinski definition) is 2. The van der Waals surface area contributed by atoms with E-state index in [-0.39, 0.29) is 6.61 Å². The molecule has 3 rings (SSSR count). The Kier molecular flexibility index (Phi) is 4.26. The van der Waals surface area contributed by atoms with Gasteiger partial charge in [0.15, 0.2) is 0 Å². The molecule has 0 spiro atoms. The van der Waals surface area contributed by atoms with Crippen molar-refractivity contribution in [2.45, 2.75) is 38.1 Å². The molecule has 1 fully saturated rings. The van der Waals surface area contributed by atoms with Crippen LogP contribution in [0.5, 0.6) is 0 Å². The van der Waals surface area contributed by atoms with Crippen LogP contribution < -0.4 is 5.32 Å². The topological polar surface area (TPSA) is 32.3 Å². The molecule has 110 valence electrons. The lowest BCUT2D eigenvalue weighted by molar-refractivity contribution is 0.299. The first-order chi connectivity index (χ1) is 10.3. The van der Waals surface area contributed by atoms with Gasteiger partial charge in [-0.25, -0.2) is 0 Å². The van der Waals surface area contributed by atoms with Crippen molar-refractivity contribution in [2.24, 2.45) is 0 Å². The van der Waals surface area contributed by atoms with Gasteiger partial charge in [-0.3, -0.25) is 0 Å². The molecular formula is C19H23NO. The van der Waals surface area contributed by atoms with Crippen LogP contribution in [0.25, 0.3) is 0 Å². The SMILES string of the molecule is Cc1ccccc1C1CC(Nc2ccc(CCO)cc2)C1. The van der Waals surface area contributed by atoms with Gasteiger partial charge in [-0.2, -0.15) is 0 Å². The van der Waals surface area contributed by atoms with Gasteiger partial charge in [0.25, 0.3) is 0 Å². The summed E-state index contributed by atoms with van der Waals surface area (Å²) < 4.78 is 0. The number of aryl methyl sites for hydroxylation is 1. The highest BCUT2D eigenvalue weighted by atomic mass is 16.2. The third kappa shape index (κ3) is 3.27. The van der Waals surface area contributed by atoms with E-state index >= 15 is 0 Å². The summed E-state index contributed by atoms with van der Waals surface area (Å²) in [5.41, 5.74) is 5.29. The Morgan fingerprint density at radius 2 is 1.76 bits per heavy atom. The molecule has 0 aromatic heterocycles. The maximum Gasteiger partial charge on any atom is 0.0471 e.